The molecule has 0 aliphatic heterocycles. The molecule has 0 atom stereocenters. The average molecular weight is 552 g/mol. The molecule has 5 aromatic rings. The second-order valence-corrected chi connectivity index (χ2v) is 12.2. The molecule has 2 aromatic carbocycles. The molecule has 3 heterocycles. The van der Waals surface area contributed by atoms with E-state index in [-0.39, 0.29) is 5.75 Å². The van der Waals surface area contributed by atoms with Gasteiger partial charge in [0, 0.05) is 30.7 Å². The van der Waals surface area contributed by atoms with Gasteiger partial charge in [-0.05, 0) is 45.7 Å². The first-order chi connectivity index (χ1) is 19.3. The monoisotopic (exact) mass is 551 g/mol. The average Bonchev–Trinajstić information content (AvgIpc) is 3.27. The van der Waals surface area contributed by atoms with Crippen molar-refractivity contribution in [3.63, 3.8) is 0 Å². The van der Waals surface area contributed by atoms with E-state index in [0.29, 0.717) is 40.8 Å². The first-order valence-electron chi connectivity index (χ1n) is 13.6. The first-order valence-corrected chi connectivity index (χ1v) is 13.6. The number of hydrogen-bond acceptors (Lipinski definition) is 7. The van der Waals surface area contributed by atoms with Gasteiger partial charge in [-0.25, -0.2) is 14.8 Å². The number of alkyl carbamates (subject to hydrolysis) is 1. The zero-order chi connectivity index (χ0) is 29.2. The number of carbonyl (C=O) groups excluding carboxylic acids is 1. The molecule has 210 valence electrons. The molecule has 1 aliphatic carbocycles. The van der Waals surface area contributed by atoms with Crippen LogP contribution >= 0.6 is 0 Å². The van der Waals surface area contributed by atoms with Gasteiger partial charge in [0.05, 0.1) is 33.5 Å². The van der Waals surface area contributed by atoms with Gasteiger partial charge < -0.3 is 20.3 Å². The van der Waals surface area contributed by atoms with Crippen molar-refractivity contribution in [2.45, 2.75) is 64.2 Å². The van der Waals surface area contributed by atoms with Crippen molar-refractivity contribution in [1.29, 1.82) is 0 Å². The van der Waals surface area contributed by atoms with E-state index >= 15 is 0 Å². The number of rotatable bonds is 4. The second-order valence-electron chi connectivity index (χ2n) is 12.2. The third-order valence-electron chi connectivity index (χ3n) is 7.41. The van der Waals surface area contributed by atoms with Gasteiger partial charge in [0.25, 0.3) is 0 Å². The van der Waals surface area contributed by atoms with Gasteiger partial charge in [-0.3, -0.25) is 0 Å². The number of hydrogen-bond donors (Lipinski definition) is 3. The Kier molecular flexibility index (Phi) is 6.04. The molecule has 9 heteroatoms. The Morgan fingerprint density at radius 3 is 2.37 bits per heavy atom. The van der Waals surface area contributed by atoms with Gasteiger partial charge in [0.15, 0.2) is 11.3 Å². The number of nitrogens with one attached hydrogen (secondary N) is 1. The third-order valence-corrected chi connectivity index (χ3v) is 7.41. The van der Waals surface area contributed by atoms with Gasteiger partial charge in [-0.2, -0.15) is 9.61 Å². The van der Waals surface area contributed by atoms with Gasteiger partial charge in [0.1, 0.15) is 11.4 Å². The third kappa shape index (κ3) is 4.86. The summed E-state index contributed by atoms with van der Waals surface area (Å²) in [7, 11) is 0. The summed E-state index contributed by atoms with van der Waals surface area (Å²) in [5.74, 6) is 0.0703. The summed E-state index contributed by atoms with van der Waals surface area (Å²) >= 11 is 0. The topological polar surface area (TPSA) is 122 Å². The molecule has 3 aromatic heterocycles. The molecule has 0 saturated heterocycles. The van der Waals surface area contributed by atoms with E-state index < -0.39 is 22.8 Å². The number of amides is 1. The van der Waals surface area contributed by atoms with E-state index in [4.69, 9.17) is 9.72 Å². The molecular weight excluding hydrogens is 518 g/mol. The largest absolute Gasteiger partial charge is 0.506 e. The normalized spacial score (nSPS) is 20.6. The van der Waals surface area contributed by atoms with E-state index in [0.717, 1.165) is 22.4 Å². The SMILES string of the molecule is Cc1cc2ncc3c(O)c(-c4ccccc4)c(-c4ccc([C@]5(NC(=O)OC(C)(C)C)C[C@@](C)(O)C5)cc4)nc3n2n1. The highest BCUT2D eigenvalue weighted by molar-refractivity contribution is 5.97. The number of aliphatic hydroxyl groups is 1. The maximum Gasteiger partial charge on any atom is 0.408 e. The number of carbonyl (C=O) groups is 1. The van der Waals surface area contributed by atoms with Crippen molar-refractivity contribution in [3.05, 3.63) is 78.1 Å². The van der Waals surface area contributed by atoms with Gasteiger partial charge >= 0.3 is 6.09 Å². The maximum atomic E-state index is 12.7. The highest BCUT2D eigenvalue weighted by atomic mass is 16.6. The van der Waals surface area contributed by atoms with Gasteiger partial charge in [-0.15, -0.1) is 0 Å². The molecule has 1 amide bonds. The number of pyridine rings is 1. The number of ether oxygens (including phenoxy) is 1. The number of nitrogens with zero attached hydrogens (tertiary/aromatic N) is 4. The molecule has 0 unspecified atom stereocenters. The lowest BCUT2D eigenvalue weighted by molar-refractivity contribution is -0.0892. The molecule has 9 nitrogen and oxygen atoms in total. The molecule has 1 fully saturated rings. The van der Waals surface area contributed by atoms with Crippen LogP contribution in [0.4, 0.5) is 4.79 Å². The van der Waals surface area contributed by atoms with E-state index in [1.54, 1.807) is 17.6 Å². The molecule has 0 spiro atoms. The molecule has 3 N–H and O–H groups in total. The highest BCUT2D eigenvalue weighted by Gasteiger charge is 2.53. The second kappa shape index (κ2) is 9.27. The van der Waals surface area contributed by atoms with Crippen LogP contribution in [-0.4, -0.2) is 47.1 Å². The van der Waals surface area contributed by atoms with Crippen LogP contribution in [0.3, 0.4) is 0 Å². The van der Waals surface area contributed by atoms with E-state index in [2.05, 4.69) is 15.4 Å². The molecule has 1 aliphatic rings. The number of fused-ring (bicyclic) bond motifs is 3. The minimum Gasteiger partial charge on any atom is -0.506 e. The van der Waals surface area contributed by atoms with Crippen LogP contribution in [0.25, 0.3) is 39.1 Å². The summed E-state index contributed by atoms with van der Waals surface area (Å²) in [5.41, 5.74) is 3.23. The minimum absolute atomic E-state index is 0.0703. The summed E-state index contributed by atoms with van der Waals surface area (Å²) in [6.07, 6.45) is 1.80. The summed E-state index contributed by atoms with van der Waals surface area (Å²) in [6.45, 7) is 9.09. The fourth-order valence-corrected chi connectivity index (χ4v) is 5.87. The Morgan fingerprint density at radius 1 is 1.05 bits per heavy atom. The number of benzene rings is 2. The van der Waals surface area contributed by atoms with E-state index in [1.165, 1.54) is 0 Å². The molecule has 0 radical (unpaired) electrons. The highest BCUT2D eigenvalue weighted by Crippen LogP contribution is 2.49. The molecule has 0 bridgehead atoms. The van der Waals surface area contributed by atoms with Crippen molar-refractivity contribution in [3.8, 4) is 28.1 Å². The lowest BCUT2D eigenvalue weighted by Gasteiger charge is -2.52. The Bertz CT molecular complexity index is 1780. The lowest BCUT2D eigenvalue weighted by atomic mass is 9.62. The number of aromatic hydroxyl groups is 1. The molecule has 6 rings (SSSR count). The zero-order valence-electron chi connectivity index (χ0n) is 23.8. The van der Waals surface area contributed by atoms with Gasteiger partial charge in [0.2, 0.25) is 0 Å². The fourth-order valence-electron chi connectivity index (χ4n) is 5.87. The van der Waals surface area contributed by atoms with Crippen LogP contribution in [-0.2, 0) is 10.3 Å². The summed E-state index contributed by atoms with van der Waals surface area (Å²) < 4.78 is 7.17. The quantitative estimate of drug-likeness (QED) is 0.255. The molecular formula is C32H33N5O4. The summed E-state index contributed by atoms with van der Waals surface area (Å²) in [4.78, 5) is 22.3. The maximum absolute atomic E-state index is 12.7. The van der Waals surface area contributed by atoms with Crippen molar-refractivity contribution >= 4 is 22.8 Å². The molecule has 1 saturated carbocycles. The van der Waals surface area contributed by atoms with Crippen LogP contribution in [0.1, 0.15) is 51.8 Å². The lowest BCUT2D eigenvalue weighted by Crippen LogP contribution is -2.62. The zero-order valence-corrected chi connectivity index (χ0v) is 23.8. The Morgan fingerprint density at radius 2 is 1.73 bits per heavy atom. The van der Waals surface area contributed by atoms with Crippen molar-refractivity contribution in [2.24, 2.45) is 0 Å². The number of aromatic nitrogens is 4. The predicted molar refractivity (Wildman–Crippen MR) is 156 cm³/mol. The summed E-state index contributed by atoms with van der Waals surface area (Å²) in [5, 5.41) is 30.3. The number of aryl methyl sites for hydroxylation is 1. The smallest absolute Gasteiger partial charge is 0.408 e. The Labute approximate surface area is 237 Å². The Hall–Kier alpha value is -4.50. The van der Waals surface area contributed by atoms with Crippen LogP contribution in [0.5, 0.6) is 5.75 Å². The minimum atomic E-state index is -0.902. The Balaban J connectivity index is 1.47. The first kappa shape index (κ1) is 26.7. The standard InChI is InChI=1S/C32H33N5O4/c1-19-15-24-33-16-23-27(38)25(20-9-7-6-8-10-20)26(34-28(23)37(24)36-19)21-11-13-22(14-12-21)32(17-31(5,40)18-32)35-29(39)41-30(2,3)4/h6-16,40H,17-18H2,1-5H3,(H,34,38)(H,35,39)/t31-,32+. The van der Waals surface area contributed by atoms with E-state index in [1.807, 2.05) is 88.4 Å². The van der Waals surface area contributed by atoms with Crippen molar-refractivity contribution in [2.75, 3.05) is 0 Å². The van der Waals surface area contributed by atoms with Gasteiger partial charge in [-0.1, -0.05) is 54.6 Å². The van der Waals surface area contributed by atoms with Crippen LogP contribution < -0.4 is 5.32 Å². The van der Waals surface area contributed by atoms with Crippen molar-refractivity contribution < 1.29 is 19.7 Å². The van der Waals surface area contributed by atoms with Crippen LogP contribution in [0.15, 0.2) is 66.9 Å². The van der Waals surface area contributed by atoms with Crippen molar-refractivity contribution in [1.82, 2.24) is 24.9 Å². The van der Waals surface area contributed by atoms with Crippen LogP contribution in [0.2, 0.25) is 0 Å². The molecule has 41 heavy (non-hydrogen) atoms. The van der Waals surface area contributed by atoms with Crippen LogP contribution in [0, 0.1) is 6.92 Å². The fraction of sp³-hybridized carbons (Fsp3) is 0.312. The predicted octanol–water partition coefficient (Wildman–Crippen LogP) is 5.89. The van der Waals surface area contributed by atoms with E-state index in [9.17, 15) is 15.0 Å². The summed E-state index contributed by atoms with van der Waals surface area (Å²) in [6, 6.07) is 19.2.